The highest BCUT2D eigenvalue weighted by molar-refractivity contribution is 7.90. The van der Waals surface area contributed by atoms with Crippen molar-refractivity contribution < 1.29 is 8.42 Å². The fraction of sp³-hybridized carbons (Fsp3) is 0.769. The molecule has 0 radical (unpaired) electrons. The monoisotopic (exact) mass is 302 g/mol. The van der Waals surface area contributed by atoms with Gasteiger partial charge in [0, 0.05) is 16.3 Å². The number of thiazole rings is 1. The Morgan fingerprint density at radius 2 is 2.05 bits per heavy atom. The lowest BCUT2D eigenvalue weighted by Crippen LogP contribution is -2.28. The first-order valence-corrected chi connectivity index (χ1v) is 9.36. The van der Waals surface area contributed by atoms with Crippen molar-refractivity contribution in [3.8, 4) is 0 Å². The van der Waals surface area contributed by atoms with Gasteiger partial charge in [-0.1, -0.05) is 6.92 Å². The molecule has 2 rings (SSSR count). The summed E-state index contributed by atoms with van der Waals surface area (Å²) in [6.07, 6.45) is 2.94. The van der Waals surface area contributed by atoms with Gasteiger partial charge in [-0.05, 0) is 33.1 Å². The molecular formula is C13H22N2O2S2. The van der Waals surface area contributed by atoms with Crippen LogP contribution in [0.5, 0.6) is 0 Å². The molecule has 4 nitrogen and oxygen atoms in total. The van der Waals surface area contributed by atoms with Crippen molar-refractivity contribution in [1.82, 2.24) is 4.98 Å². The molecule has 1 aliphatic carbocycles. The summed E-state index contributed by atoms with van der Waals surface area (Å²) in [5.41, 5.74) is 6.78. The Morgan fingerprint density at radius 3 is 2.53 bits per heavy atom. The van der Waals surface area contributed by atoms with Crippen molar-refractivity contribution in [3.05, 3.63) is 15.6 Å². The highest BCUT2D eigenvalue weighted by Gasteiger charge is 2.34. The van der Waals surface area contributed by atoms with Crippen LogP contribution in [0, 0.1) is 0 Å². The number of nitrogens with zero attached hydrogens (tertiary/aromatic N) is 1. The summed E-state index contributed by atoms with van der Waals surface area (Å²) in [4.78, 5) is 5.62. The number of sulfone groups is 1. The summed E-state index contributed by atoms with van der Waals surface area (Å²) in [5, 5.41) is 0.698. The molecule has 0 aromatic carbocycles. The maximum atomic E-state index is 11.9. The molecule has 0 aliphatic heterocycles. The second kappa shape index (κ2) is 5.14. The first kappa shape index (κ1) is 14.9. The average Bonchev–Trinajstić information content (AvgIpc) is 2.98. The molecule has 1 aliphatic rings. The predicted molar refractivity (Wildman–Crippen MR) is 79.1 cm³/mol. The molecule has 1 aromatic heterocycles. The minimum Gasteiger partial charge on any atom is -0.321 e. The second-order valence-corrected chi connectivity index (χ2v) is 9.18. The normalized spacial score (nSPS) is 16.8. The van der Waals surface area contributed by atoms with Gasteiger partial charge in [-0.15, -0.1) is 11.3 Å². The van der Waals surface area contributed by atoms with Gasteiger partial charge in [0.15, 0.2) is 9.84 Å². The Balaban J connectivity index is 2.28. The molecule has 2 N–H and O–H groups in total. The van der Waals surface area contributed by atoms with Crippen LogP contribution in [0.4, 0.5) is 0 Å². The molecule has 6 heteroatoms. The lowest BCUT2D eigenvalue weighted by Gasteiger charge is -2.17. The number of aromatic nitrogens is 1. The van der Waals surface area contributed by atoms with E-state index in [0.717, 1.165) is 23.4 Å². The van der Waals surface area contributed by atoms with E-state index < -0.39 is 15.4 Å². The lowest BCUT2D eigenvalue weighted by atomic mass is 10.0. The Kier molecular flexibility index (Phi) is 4.05. The van der Waals surface area contributed by atoms with Gasteiger partial charge in [-0.3, -0.25) is 0 Å². The van der Waals surface area contributed by atoms with Crippen molar-refractivity contribution >= 4 is 21.2 Å². The van der Waals surface area contributed by atoms with Crippen LogP contribution in [0.25, 0.3) is 0 Å². The van der Waals surface area contributed by atoms with Crippen molar-refractivity contribution in [3.63, 3.8) is 0 Å². The minimum atomic E-state index is -3.03. The average molecular weight is 302 g/mol. The van der Waals surface area contributed by atoms with Crippen LogP contribution in [-0.4, -0.2) is 19.2 Å². The molecule has 0 atom stereocenters. The summed E-state index contributed by atoms with van der Waals surface area (Å²) < 4.78 is 23.8. The molecule has 1 aromatic rings. The second-order valence-electron chi connectivity index (χ2n) is 5.91. The highest BCUT2D eigenvalue weighted by atomic mass is 32.2. The molecule has 1 heterocycles. The quantitative estimate of drug-likeness (QED) is 0.876. The van der Waals surface area contributed by atoms with Gasteiger partial charge in [0.1, 0.15) is 10.8 Å². The zero-order chi connectivity index (χ0) is 14.3. The Labute approximate surface area is 119 Å². The molecule has 0 bridgehead atoms. The van der Waals surface area contributed by atoms with Crippen LogP contribution in [-0.2, 0) is 21.1 Å². The van der Waals surface area contributed by atoms with Crippen molar-refractivity contribution in [2.24, 2.45) is 5.73 Å². The third-order valence-corrected chi connectivity index (χ3v) is 6.44. The SMILES string of the molecule is CCCS(=O)(=O)Cc1nc(C2CC2)c(C(C)(C)N)s1. The lowest BCUT2D eigenvalue weighted by molar-refractivity contribution is 0.558. The number of hydrogen-bond donors (Lipinski definition) is 1. The van der Waals surface area contributed by atoms with Gasteiger partial charge in [0.25, 0.3) is 0 Å². The summed E-state index contributed by atoms with van der Waals surface area (Å²) in [5.74, 6) is 0.783. The maximum absolute atomic E-state index is 11.9. The van der Waals surface area contributed by atoms with Crippen molar-refractivity contribution in [1.29, 1.82) is 0 Å². The third-order valence-electron chi connectivity index (χ3n) is 3.11. The van der Waals surface area contributed by atoms with Gasteiger partial charge in [-0.25, -0.2) is 13.4 Å². The van der Waals surface area contributed by atoms with E-state index in [1.165, 1.54) is 11.3 Å². The Bertz CT molecular complexity index is 552. The Hall–Kier alpha value is -0.460. The van der Waals surface area contributed by atoms with Gasteiger partial charge in [0.05, 0.1) is 11.4 Å². The summed E-state index contributed by atoms with van der Waals surface area (Å²) in [6, 6.07) is 0. The molecule has 19 heavy (non-hydrogen) atoms. The van der Waals surface area contributed by atoms with Crippen molar-refractivity contribution in [2.75, 3.05) is 5.75 Å². The van der Waals surface area contributed by atoms with E-state index in [0.29, 0.717) is 17.3 Å². The van der Waals surface area contributed by atoms with Crippen molar-refractivity contribution in [2.45, 2.75) is 57.2 Å². The van der Waals surface area contributed by atoms with Gasteiger partial charge in [-0.2, -0.15) is 0 Å². The van der Waals surface area contributed by atoms with E-state index in [4.69, 9.17) is 5.73 Å². The van der Waals surface area contributed by atoms with E-state index in [1.54, 1.807) is 0 Å². The van der Waals surface area contributed by atoms with E-state index >= 15 is 0 Å². The molecular weight excluding hydrogens is 280 g/mol. The molecule has 0 saturated heterocycles. The van der Waals surface area contributed by atoms with Crippen LogP contribution < -0.4 is 5.73 Å². The van der Waals surface area contributed by atoms with E-state index in [-0.39, 0.29) is 11.5 Å². The zero-order valence-corrected chi connectivity index (χ0v) is 13.4. The first-order valence-electron chi connectivity index (χ1n) is 6.72. The fourth-order valence-corrected chi connectivity index (χ4v) is 5.05. The summed E-state index contributed by atoms with van der Waals surface area (Å²) in [7, 11) is -3.03. The number of nitrogens with two attached hydrogens (primary N) is 1. The van der Waals surface area contributed by atoms with E-state index in [2.05, 4.69) is 4.98 Å². The van der Waals surface area contributed by atoms with Crippen LogP contribution in [0.2, 0.25) is 0 Å². The van der Waals surface area contributed by atoms with Crippen LogP contribution >= 0.6 is 11.3 Å². The predicted octanol–water partition coefficient (Wildman–Crippen LogP) is 2.54. The third kappa shape index (κ3) is 3.77. The standard InChI is InChI=1S/C13H22N2O2S2/c1-4-7-19(16,17)8-10-15-11(9-5-6-9)12(18-10)13(2,3)14/h9H,4-8,14H2,1-3H3. The van der Waals surface area contributed by atoms with Gasteiger partial charge >= 0.3 is 0 Å². The zero-order valence-electron chi connectivity index (χ0n) is 11.8. The largest absolute Gasteiger partial charge is 0.321 e. The van der Waals surface area contributed by atoms with Crippen LogP contribution in [0.1, 0.15) is 61.5 Å². The fourth-order valence-electron chi connectivity index (χ4n) is 2.11. The minimum absolute atomic E-state index is 0.0569. The molecule has 0 spiro atoms. The molecule has 108 valence electrons. The van der Waals surface area contributed by atoms with Gasteiger partial charge in [0.2, 0.25) is 0 Å². The summed E-state index contributed by atoms with van der Waals surface area (Å²) in [6.45, 7) is 5.79. The Morgan fingerprint density at radius 1 is 1.42 bits per heavy atom. The first-order chi connectivity index (χ1) is 8.73. The smallest absolute Gasteiger partial charge is 0.156 e. The number of hydrogen-bond acceptors (Lipinski definition) is 5. The summed E-state index contributed by atoms with van der Waals surface area (Å²) >= 11 is 1.47. The van der Waals surface area contributed by atoms with Crippen LogP contribution in [0.3, 0.4) is 0 Å². The molecule has 1 saturated carbocycles. The molecule has 0 unspecified atom stereocenters. The van der Waals surface area contributed by atoms with E-state index in [1.807, 2.05) is 20.8 Å². The topological polar surface area (TPSA) is 73.0 Å². The van der Waals surface area contributed by atoms with Crippen LogP contribution in [0.15, 0.2) is 0 Å². The number of rotatable bonds is 6. The maximum Gasteiger partial charge on any atom is 0.156 e. The molecule has 0 amide bonds. The van der Waals surface area contributed by atoms with E-state index in [9.17, 15) is 8.42 Å². The highest BCUT2D eigenvalue weighted by Crippen LogP contribution is 2.45. The molecule has 1 fully saturated rings. The van der Waals surface area contributed by atoms with Gasteiger partial charge < -0.3 is 5.73 Å².